The number of aromatic nitrogens is 3. The summed E-state index contributed by atoms with van der Waals surface area (Å²) in [6.07, 6.45) is 2.24. The summed E-state index contributed by atoms with van der Waals surface area (Å²) in [5, 5.41) is 10.2. The molecule has 172 valence electrons. The van der Waals surface area contributed by atoms with E-state index < -0.39 is 5.91 Å². The van der Waals surface area contributed by atoms with Crippen molar-refractivity contribution >= 4 is 22.6 Å². The topological polar surface area (TPSA) is 102 Å². The smallest absolute Gasteiger partial charge is 0.279 e. The van der Waals surface area contributed by atoms with Crippen LogP contribution in [0.4, 0.5) is 0 Å². The Morgan fingerprint density at radius 1 is 1.15 bits per heavy atom. The minimum atomic E-state index is -0.461. The molecular weight excluding hydrogens is 430 g/mol. The van der Waals surface area contributed by atoms with Crippen molar-refractivity contribution in [2.24, 2.45) is 4.99 Å². The third-order valence-corrected chi connectivity index (χ3v) is 5.63. The molecule has 3 aromatic heterocycles. The summed E-state index contributed by atoms with van der Waals surface area (Å²) in [5.74, 6) is -0.461. The average molecular weight is 456 g/mol. The Labute approximate surface area is 196 Å². The monoisotopic (exact) mass is 455 g/mol. The summed E-state index contributed by atoms with van der Waals surface area (Å²) in [5.41, 5.74) is 4.08. The number of amides is 1. The highest BCUT2D eigenvalue weighted by atomic mass is 16.5. The second-order valence-corrected chi connectivity index (χ2v) is 8.32. The zero-order chi connectivity index (χ0) is 24.4. The van der Waals surface area contributed by atoms with Gasteiger partial charge in [0.1, 0.15) is 17.4 Å². The van der Waals surface area contributed by atoms with Crippen LogP contribution >= 0.6 is 0 Å². The van der Waals surface area contributed by atoms with Crippen molar-refractivity contribution < 1.29 is 9.53 Å². The molecule has 8 nitrogen and oxygen atoms in total. The molecular formula is C26H25N5O3. The van der Waals surface area contributed by atoms with Crippen LogP contribution in [0.1, 0.15) is 39.0 Å². The van der Waals surface area contributed by atoms with Crippen LogP contribution in [0.2, 0.25) is 0 Å². The van der Waals surface area contributed by atoms with E-state index in [-0.39, 0.29) is 22.0 Å². The first kappa shape index (κ1) is 23.1. The summed E-state index contributed by atoms with van der Waals surface area (Å²) >= 11 is 0. The molecule has 0 aliphatic rings. The number of aryl methyl sites for hydroxylation is 4. The molecule has 0 N–H and O–H groups in total. The van der Waals surface area contributed by atoms with Gasteiger partial charge in [-0.15, -0.1) is 0 Å². The molecule has 0 unspecified atom stereocenters. The van der Waals surface area contributed by atoms with E-state index in [1.165, 1.54) is 10.5 Å². The van der Waals surface area contributed by atoms with E-state index in [0.717, 1.165) is 16.7 Å². The van der Waals surface area contributed by atoms with E-state index in [9.17, 15) is 14.9 Å². The fourth-order valence-electron chi connectivity index (χ4n) is 4.13. The van der Waals surface area contributed by atoms with E-state index in [1.54, 1.807) is 36.1 Å². The molecule has 0 aliphatic carbocycles. The van der Waals surface area contributed by atoms with Crippen LogP contribution in [0.3, 0.4) is 0 Å². The van der Waals surface area contributed by atoms with Crippen molar-refractivity contribution in [2.45, 2.75) is 33.7 Å². The minimum absolute atomic E-state index is 0.133. The van der Waals surface area contributed by atoms with Gasteiger partial charge in [-0.3, -0.25) is 14.0 Å². The largest absolute Gasteiger partial charge is 0.385 e. The highest BCUT2D eigenvalue weighted by molar-refractivity contribution is 5.95. The molecule has 0 saturated carbocycles. The summed E-state index contributed by atoms with van der Waals surface area (Å²) in [6, 6.07) is 12.7. The molecule has 0 saturated heterocycles. The van der Waals surface area contributed by atoms with Crippen LogP contribution in [-0.2, 0) is 11.3 Å². The average Bonchev–Trinajstić information content (AvgIpc) is 2.80. The number of carbonyl (C=O) groups is 1. The number of hydrogen-bond acceptors (Lipinski definition) is 5. The molecule has 0 radical (unpaired) electrons. The Hall–Kier alpha value is -4.09. The SMILES string of the molecule is COCCCn1c(=NC(=O)c2cc(C)cc(C)c2)c(C#N)cc2c(=O)n3cccc(C)c3nc21. The number of methoxy groups -OCH3 is 1. The lowest BCUT2D eigenvalue weighted by Gasteiger charge is -2.14. The van der Waals surface area contributed by atoms with Crippen molar-refractivity contribution in [2.75, 3.05) is 13.7 Å². The van der Waals surface area contributed by atoms with Gasteiger partial charge in [-0.1, -0.05) is 23.3 Å². The standard InChI is InChI=1S/C26H25N5O3/c1-16-11-17(2)13-19(12-16)25(32)29-23-20(15-27)14-21-24(30(23)9-6-10-34-4)28-22-18(3)7-5-8-31(22)26(21)33/h5,7-8,11-14H,6,9-10H2,1-4H3. The Morgan fingerprint density at radius 3 is 2.56 bits per heavy atom. The van der Waals surface area contributed by atoms with Gasteiger partial charge in [-0.05, 0) is 57.0 Å². The summed E-state index contributed by atoms with van der Waals surface area (Å²) in [6.45, 7) is 6.53. The van der Waals surface area contributed by atoms with E-state index in [0.29, 0.717) is 36.4 Å². The van der Waals surface area contributed by atoms with Crippen LogP contribution in [0.5, 0.6) is 0 Å². The van der Waals surface area contributed by atoms with Crippen LogP contribution < -0.4 is 11.0 Å². The highest BCUT2D eigenvalue weighted by Gasteiger charge is 2.16. The zero-order valence-electron chi connectivity index (χ0n) is 19.6. The maximum absolute atomic E-state index is 13.3. The molecule has 0 fully saturated rings. The predicted octanol–water partition coefficient (Wildman–Crippen LogP) is 3.22. The van der Waals surface area contributed by atoms with Crippen molar-refractivity contribution in [1.82, 2.24) is 14.0 Å². The number of hydrogen-bond donors (Lipinski definition) is 0. The van der Waals surface area contributed by atoms with Crippen LogP contribution in [0, 0.1) is 32.1 Å². The number of fused-ring (bicyclic) bond motifs is 2. The minimum Gasteiger partial charge on any atom is -0.385 e. The van der Waals surface area contributed by atoms with Gasteiger partial charge < -0.3 is 9.30 Å². The van der Waals surface area contributed by atoms with Crippen molar-refractivity contribution in [3.8, 4) is 6.07 Å². The zero-order valence-corrected chi connectivity index (χ0v) is 19.6. The first-order valence-electron chi connectivity index (χ1n) is 11.0. The Morgan fingerprint density at radius 2 is 1.88 bits per heavy atom. The number of nitriles is 1. The molecule has 3 heterocycles. The first-order valence-corrected chi connectivity index (χ1v) is 11.0. The quantitative estimate of drug-likeness (QED) is 0.340. The van der Waals surface area contributed by atoms with E-state index in [4.69, 9.17) is 9.72 Å². The number of ether oxygens (including phenoxy) is 1. The summed E-state index contributed by atoms with van der Waals surface area (Å²) in [7, 11) is 1.60. The lowest BCUT2D eigenvalue weighted by atomic mass is 10.1. The van der Waals surface area contributed by atoms with E-state index in [2.05, 4.69) is 11.1 Å². The summed E-state index contributed by atoms with van der Waals surface area (Å²) in [4.78, 5) is 35.6. The van der Waals surface area contributed by atoms with Gasteiger partial charge in [0, 0.05) is 32.0 Å². The van der Waals surface area contributed by atoms with Crippen molar-refractivity contribution in [3.05, 3.63) is 86.3 Å². The van der Waals surface area contributed by atoms with Crippen molar-refractivity contribution in [3.63, 3.8) is 0 Å². The van der Waals surface area contributed by atoms with Gasteiger partial charge in [0.15, 0.2) is 5.49 Å². The van der Waals surface area contributed by atoms with Crippen LogP contribution in [0.15, 0.2) is 52.4 Å². The van der Waals surface area contributed by atoms with Gasteiger partial charge in [-0.2, -0.15) is 10.3 Å². The number of benzene rings is 1. The molecule has 4 aromatic rings. The second kappa shape index (κ2) is 9.41. The fraction of sp³-hybridized carbons (Fsp3) is 0.269. The Balaban J connectivity index is 2.08. The third kappa shape index (κ3) is 4.26. The normalized spacial score (nSPS) is 11.8. The molecule has 0 aliphatic heterocycles. The molecule has 1 amide bonds. The van der Waals surface area contributed by atoms with Gasteiger partial charge >= 0.3 is 0 Å². The van der Waals surface area contributed by atoms with Gasteiger partial charge in [-0.25, -0.2) is 4.98 Å². The van der Waals surface area contributed by atoms with Gasteiger partial charge in [0.25, 0.3) is 11.5 Å². The van der Waals surface area contributed by atoms with Crippen LogP contribution in [0.25, 0.3) is 16.7 Å². The predicted molar refractivity (Wildman–Crippen MR) is 129 cm³/mol. The number of carbonyl (C=O) groups excluding carboxylic acids is 1. The Bertz CT molecular complexity index is 1590. The molecule has 4 rings (SSSR count). The number of nitrogens with zero attached hydrogens (tertiary/aromatic N) is 5. The first-order chi connectivity index (χ1) is 16.3. The van der Waals surface area contributed by atoms with E-state index in [1.807, 2.05) is 32.9 Å². The third-order valence-electron chi connectivity index (χ3n) is 5.63. The lowest BCUT2D eigenvalue weighted by molar-refractivity contribution is 0.0997. The van der Waals surface area contributed by atoms with Crippen LogP contribution in [-0.4, -0.2) is 33.6 Å². The molecule has 0 bridgehead atoms. The lowest BCUT2D eigenvalue weighted by Crippen LogP contribution is -2.30. The maximum atomic E-state index is 13.3. The maximum Gasteiger partial charge on any atom is 0.279 e. The number of pyridine rings is 2. The number of rotatable bonds is 5. The Kier molecular flexibility index (Phi) is 6.39. The van der Waals surface area contributed by atoms with Gasteiger partial charge in [0.2, 0.25) is 0 Å². The summed E-state index contributed by atoms with van der Waals surface area (Å²) < 4.78 is 8.35. The molecule has 0 atom stereocenters. The molecule has 1 aromatic carbocycles. The highest BCUT2D eigenvalue weighted by Crippen LogP contribution is 2.14. The molecule has 8 heteroatoms. The molecule has 34 heavy (non-hydrogen) atoms. The molecule has 0 spiro atoms. The van der Waals surface area contributed by atoms with Crippen molar-refractivity contribution in [1.29, 1.82) is 5.26 Å². The fourth-order valence-corrected chi connectivity index (χ4v) is 4.13. The van der Waals surface area contributed by atoms with E-state index >= 15 is 0 Å². The second-order valence-electron chi connectivity index (χ2n) is 8.32. The van der Waals surface area contributed by atoms with Gasteiger partial charge in [0.05, 0.1) is 10.9 Å².